The van der Waals surface area contributed by atoms with E-state index in [-0.39, 0.29) is 0 Å². The lowest BCUT2D eigenvalue weighted by Gasteiger charge is -2.04. The molecular formula is C16H31BrO2. The van der Waals surface area contributed by atoms with Gasteiger partial charge in [-0.3, -0.25) is 4.79 Å². The normalized spacial score (nSPS) is 11.2. The van der Waals surface area contributed by atoms with Crippen LogP contribution in [0.15, 0.2) is 11.6 Å². The maximum atomic E-state index is 9.95. The Balaban J connectivity index is 0. The molecule has 0 rings (SSSR count). The molecule has 0 spiro atoms. The van der Waals surface area contributed by atoms with E-state index in [1.807, 2.05) is 0 Å². The van der Waals surface area contributed by atoms with E-state index in [0.717, 1.165) is 30.5 Å². The van der Waals surface area contributed by atoms with Crippen LogP contribution in [0.4, 0.5) is 0 Å². The van der Waals surface area contributed by atoms with E-state index >= 15 is 0 Å². The molecule has 0 saturated carbocycles. The highest BCUT2D eigenvalue weighted by Crippen LogP contribution is 2.10. The number of hydrogen-bond donors (Lipinski definition) is 1. The number of alkyl halides is 1. The first-order chi connectivity index (χ1) is 8.93. The average Bonchev–Trinajstić information content (AvgIpc) is 2.34. The second-order valence-corrected chi connectivity index (χ2v) is 6.06. The quantitative estimate of drug-likeness (QED) is 0.328. The van der Waals surface area contributed by atoms with Gasteiger partial charge in [-0.05, 0) is 45.4 Å². The molecule has 0 heterocycles. The van der Waals surface area contributed by atoms with Crippen molar-refractivity contribution in [1.29, 1.82) is 0 Å². The van der Waals surface area contributed by atoms with Crippen molar-refractivity contribution in [1.82, 2.24) is 0 Å². The second kappa shape index (κ2) is 15.7. The highest BCUT2D eigenvalue weighted by molar-refractivity contribution is 9.09. The van der Waals surface area contributed by atoms with E-state index in [0.29, 0.717) is 6.42 Å². The third-order valence-electron chi connectivity index (χ3n) is 2.93. The van der Waals surface area contributed by atoms with Crippen molar-refractivity contribution in [2.75, 3.05) is 5.33 Å². The predicted molar refractivity (Wildman–Crippen MR) is 88.0 cm³/mol. The summed E-state index contributed by atoms with van der Waals surface area (Å²) in [7, 11) is 0. The Hall–Kier alpha value is -0.310. The molecule has 2 nitrogen and oxygen atoms in total. The third kappa shape index (κ3) is 23.2. The van der Waals surface area contributed by atoms with Crippen LogP contribution in [0.3, 0.4) is 0 Å². The second-order valence-electron chi connectivity index (χ2n) is 5.27. The minimum absolute atomic E-state index is 0.312. The summed E-state index contributed by atoms with van der Waals surface area (Å²) in [6, 6.07) is 0. The first kappa shape index (κ1) is 21.0. The fourth-order valence-corrected chi connectivity index (χ4v) is 1.80. The fourth-order valence-electron chi connectivity index (χ4n) is 1.41. The van der Waals surface area contributed by atoms with E-state index < -0.39 is 5.97 Å². The lowest BCUT2D eigenvalue weighted by molar-refractivity contribution is -0.137. The molecule has 0 aliphatic rings. The van der Waals surface area contributed by atoms with Gasteiger partial charge in [0.05, 0.1) is 0 Å². The van der Waals surface area contributed by atoms with Gasteiger partial charge < -0.3 is 5.11 Å². The number of carboxylic acids is 1. The summed E-state index contributed by atoms with van der Waals surface area (Å²) in [6.07, 6.45) is 9.46. The SMILES string of the molecule is CCC(C)CCC=C(C)C.O=C(O)CCCCCBr. The van der Waals surface area contributed by atoms with Crippen LogP contribution in [-0.4, -0.2) is 16.4 Å². The average molecular weight is 335 g/mol. The molecule has 3 heteroatoms. The number of hydrogen-bond acceptors (Lipinski definition) is 1. The monoisotopic (exact) mass is 334 g/mol. The number of rotatable bonds is 9. The van der Waals surface area contributed by atoms with Crippen molar-refractivity contribution in [3.05, 3.63) is 11.6 Å². The van der Waals surface area contributed by atoms with Crippen LogP contribution in [0.2, 0.25) is 0 Å². The highest BCUT2D eigenvalue weighted by atomic mass is 79.9. The Bertz CT molecular complexity index is 233. The molecule has 0 saturated heterocycles. The number of carbonyl (C=O) groups is 1. The molecule has 1 unspecified atom stereocenters. The molecule has 0 radical (unpaired) electrons. The van der Waals surface area contributed by atoms with E-state index in [2.05, 4.69) is 49.7 Å². The molecule has 0 aliphatic carbocycles. The smallest absolute Gasteiger partial charge is 0.303 e. The van der Waals surface area contributed by atoms with Gasteiger partial charge in [-0.15, -0.1) is 0 Å². The Labute approximate surface area is 127 Å². The highest BCUT2D eigenvalue weighted by Gasteiger charge is 1.95. The number of carboxylic acid groups (broad SMARTS) is 1. The van der Waals surface area contributed by atoms with Crippen molar-refractivity contribution >= 4 is 21.9 Å². The molecule has 0 amide bonds. The van der Waals surface area contributed by atoms with Crippen LogP contribution in [0, 0.1) is 5.92 Å². The number of aliphatic carboxylic acids is 1. The van der Waals surface area contributed by atoms with E-state index in [9.17, 15) is 4.79 Å². The Morgan fingerprint density at radius 2 is 1.89 bits per heavy atom. The maximum Gasteiger partial charge on any atom is 0.303 e. The topological polar surface area (TPSA) is 37.3 Å². The molecule has 114 valence electrons. The van der Waals surface area contributed by atoms with Crippen LogP contribution in [0.5, 0.6) is 0 Å². The van der Waals surface area contributed by atoms with Gasteiger partial charge >= 0.3 is 5.97 Å². The molecule has 19 heavy (non-hydrogen) atoms. The Kier molecular flexibility index (Phi) is 17.4. The summed E-state index contributed by atoms with van der Waals surface area (Å²) in [4.78, 5) is 9.95. The van der Waals surface area contributed by atoms with Gasteiger partial charge in [0.2, 0.25) is 0 Å². The molecule has 0 aliphatic heterocycles. The van der Waals surface area contributed by atoms with Crippen molar-refractivity contribution in [2.24, 2.45) is 5.92 Å². The van der Waals surface area contributed by atoms with Gasteiger partial charge in [0, 0.05) is 11.8 Å². The molecule has 0 aromatic carbocycles. The van der Waals surface area contributed by atoms with Gasteiger partial charge in [-0.2, -0.15) is 0 Å². The lowest BCUT2D eigenvalue weighted by Crippen LogP contribution is -1.93. The lowest BCUT2D eigenvalue weighted by atomic mass is 10.0. The van der Waals surface area contributed by atoms with E-state index in [1.165, 1.54) is 24.8 Å². The third-order valence-corrected chi connectivity index (χ3v) is 3.49. The van der Waals surface area contributed by atoms with Crippen LogP contribution in [-0.2, 0) is 4.79 Å². The standard InChI is InChI=1S/C10H20.C6H11BrO2/c1-5-10(4)8-6-7-9(2)3;7-5-3-1-2-4-6(8)9/h7,10H,5-6,8H2,1-4H3;1-5H2,(H,8,9). The maximum absolute atomic E-state index is 9.95. The molecule has 1 atom stereocenters. The number of allylic oxidation sites excluding steroid dienone is 2. The van der Waals surface area contributed by atoms with E-state index in [1.54, 1.807) is 0 Å². The van der Waals surface area contributed by atoms with Gasteiger partial charge in [-0.1, -0.05) is 54.3 Å². The predicted octanol–water partition coefficient (Wildman–Crippen LogP) is 5.81. The Morgan fingerprint density at radius 1 is 1.26 bits per heavy atom. The summed E-state index contributed by atoms with van der Waals surface area (Å²) in [6.45, 7) is 8.90. The van der Waals surface area contributed by atoms with Gasteiger partial charge in [0.25, 0.3) is 0 Å². The summed E-state index contributed by atoms with van der Waals surface area (Å²) in [5.41, 5.74) is 1.45. The van der Waals surface area contributed by atoms with Crippen molar-refractivity contribution in [3.63, 3.8) is 0 Å². The minimum Gasteiger partial charge on any atom is -0.481 e. The first-order valence-corrected chi connectivity index (χ1v) is 8.47. The van der Waals surface area contributed by atoms with Gasteiger partial charge in [-0.25, -0.2) is 0 Å². The largest absolute Gasteiger partial charge is 0.481 e. The zero-order chi connectivity index (χ0) is 15.1. The van der Waals surface area contributed by atoms with Gasteiger partial charge in [0.1, 0.15) is 0 Å². The zero-order valence-electron chi connectivity index (χ0n) is 13.0. The van der Waals surface area contributed by atoms with E-state index in [4.69, 9.17) is 5.11 Å². The number of halogens is 1. The summed E-state index contributed by atoms with van der Waals surface area (Å²) < 4.78 is 0. The zero-order valence-corrected chi connectivity index (χ0v) is 14.6. The fraction of sp³-hybridized carbons (Fsp3) is 0.812. The summed E-state index contributed by atoms with van der Waals surface area (Å²) in [5.74, 6) is 0.208. The first-order valence-electron chi connectivity index (χ1n) is 7.35. The summed E-state index contributed by atoms with van der Waals surface area (Å²) >= 11 is 3.27. The van der Waals surface area contributed by atoms with Crippen molar-refractivity contribution in [2.45, 2.75) is 72.6 Å². The van der Waals surface area contributed by atoms with Crippen LogP contribution >= 0.6 is 15.9 Å². The Morgan fingerprint density at radius 3 is 2.32 bits per heavy atom. The van der Waals surface area contributed by atoms with Crippen LogP contribution < -0.4 is 0 Å². The van der Waals surface area contributed by atoms with Crippen molar-refractivity contribution < 1.29 is 9.90 Å². The number of unbranched alkanes of at least 4 members (excludes halogenated alkanes) is 2. The van der Waals surface area contributed by atoms with Crippen molar-refractivity contribution in [3.8, 4) is 0 Å². The molecule has 1 N–H and O–H groups in total. The van der Waals surface area contributed by atoms with Crippen LogP contribution in [0.25, 0.3) is 0 Å². The van der Waals surface area contributed by atoms with Crippen LogP contribution in [0.1, 0.15) is 72.6 Å². The molecule has 0 aromatic rings. The minimum atomic E-state index is -0.690. The molecule has 0 fully saturated rings. The molecule has 0 aromatic heterocycles. The van der Waals surface area contributed by atoms with Gasteiger partial charge in [0.15, 0.2) is 0 Å². The molecule has 0 bridgehead atoms. The molecular weight excluding hydrogens is 304 g/mol. The summed E-state index contributed by atoms with van der Waals surface area (Å²) in [5, 5.41) is 9.18.